The quantitative estimate of drug-likeness (QED) is 0.0677. The van der Waals surface area contributed by atoms with Gasteiger partial charge in [-0.3, -0.25) is 4.79 Å². The van der Waals surface area contributed by atoms with Gasteiger partial charge in [-0.15, -0.1) is 6.58 Å². The van der Waals surface area contributed by atoms with E-state index in [4.69, 9.17) is 33.7 Å². The fourth-order valence-corrected chi connectivity index (χ4v) is 8.85. The van der Waals surface area contributed by atoms with Crippen LogP contribution in [0.4, 0.5) is 4.79 Å². The van der Waals surface area contributed by atoms with Gasteiger partial charge in [0.05, 0.1) is 31.5 Å². The molecular formula is C43H56N2O10. The van der Waals surface area contributed by atoms with Gasteiger partial charge in [-0.2, -0.15) is 0 Å². The number of allylic oxidation sites excluding steroid dienone is 1. The molecule has 0 radical (unpaired) electrons. The highest BCUT2D eigenvalue weighted by atomic mass is 16.8. The number of likely N-dealkylation sites (N-methyl/N-ethyl adjacent to an activating group) is 1. The average molecular weight is 761 g/mol. The van der Waals surface area contributed by atoms with Gasteiger partial charge < -0.3 is 43.6 Å². The minimum Gasteiger partial charge on any atom is -0.459 e. The molecule has 298 valence electrons. The van der Waals surface area contributed by atoms with Crippen LogP contribution >= 0.6 is 0 Å². The Morgan fingerprint density at radius 1 is 1.07 bits per heavy atom. The summed E-state index contributed by atoms with van der Waals surface area (Å²) in [5.41, 5.74) is 3.05. The number of benzene rings is 2. The molecule has 2 N–H and O–H groups in total. The van der Waals surface area contributed by atoms with Crippen molar-refractivity contribution in [1.82, 2.24) is 4.90 Å². The second-order valence-electron chi connectivity index (χ2n) is 14.8. The predicted octanol–water partition coefficient (Wildman–Crippen LogP) is 7.54. The molecule has 1 saturated carbocycles. The summed E-state index contributed by atoms with van der Waals surface area (Å²) in [7, 11) is 1.70. The van der Waals surface area contributed by atoms with Crippen LogP contribution in [0.5, 0.6) is 17.2 Å². The fraction of sp³-hybridized carbons (Fsp3) is 0.558. The third-order valence-corrected chi connectivity index (χ3v) is 11.3. The number of rotatable bonds is 18. The van der Waals surface area contributed by atoms with Crippen molar-refractivity contribution in [3.63, 3.8) is 0 Å². The first-order valence-corrected chi connectivity index (χ1v) is 19.9. The molecule has 6 rings (SSSR count). The number of oxime groups is 1. The Labute approximate surface area is 324 Å². The van der Waals surface area contributed by atoms with Gasteiger partial charge in [0.25, 0.3) is 0 Å². The van der Waals surface area contributed by atoms with E-state index in [1.807, 2.05) is 24.3 Å². The molecule has 0 spiro atoms. The Balaban J connectivity index is 1.55. The van der Waals surface area contributed by atoms with Crippen molar-refractivity contribution >= 4 is 18.1 Å². The molecule has 2 fully saturated rings. The van der Waals surface area contributed by atoms with Crippen molar-refractivity contribution in [2.45, 2.75) is 95.2 Å². The molecular weight excluding hydrogens is 704 g/mol. The minimum absolute atomic E-state index is 0.0532. The van der Waals surface area contributed by atoms with Gasteiger partial charge in [0.2, 0.25) is 12.1 Å². The van der Waals surface area contributed by atoms with Gasteiger partial charge in [-0.25, -0.2) is 4.79 Å². The van der Waals surface area contributed by atoms with E-state index in [0.29, 0.717) is 48.0 Å². The summed E-state index contributed by atoms with van der Waals surface area (Å²) in [6, 6.07) is 12.1. The van der Waals surface area contributed by atoms with Crippen LogP contribution in [0, 0.1) is 17.8 Å². The molecule has 55 heavy (non-hydrogen) atoms. The lowest BCUT2D eigenvalue weighted by Gasteiger charge is -2.59. The summed E-state index contributed by atoms with van der Waals surface area (Å²) in [6.45, 7) is 6.89. The van der Waals surface area contributed by atoms with Crippen LogP contribution in [0.1, 0.15) is 93.0 Å². The third kappa shape index (κ3) is 8.93. The summed E-state index contributed by atoms with van der Waals surface area (Å²) >= 11 is 0. The van der Waals surface area contributed by atoms with Crippen LogP contribution in [-0.4, -0.2) is 91.4 Å². The van der Waals surface area contributed by atoms with Crippen LogP contribution in [-0.2, 0) is 19.0 Å². The predicted molar refractivity (Wildman–Crippen MR) is 206 cm³/mol. The number of nitrogens with zero attached hydrogens (tertiary/aromatic N) is 2. The van der Waals surface area contributed by atoms with Crippen molar-refractivity contribution in [2.75, 3.05) is 40.1 Å². The van der Waals surface area contributed by atoms with Crippen LogP contribution < -0.4 is 9.47 Å². The van der Waals surface area contributed by atoms with E-state index in [0.717, 1.165) is 62.4 Å². The Kier molecular flexibility index (Phi) is 14.0. The molecule has 2 aromatic rings. The number of aldehydes is 1. The van der Waals surface area contributed by atoms with E-state index >= 15 is 0 Å². The number of ether oxygens (including phenoxy) is 5. The number of carbonyl (C=O) groups excluding carboxylic acids is 2. The Bertz CT molecular complexity index is 1690. The van der Waals surface area contributed by atoms with E-state index in [1.165, 1.54) is 0 Å². The van der Waals surface area contributed by atoms with Crippen molar-refractivity contribution in [3.05, 3.63) is 77.9 Å². The smallest absolute Gasteiger partial charge is 0.409 e. The van der Waals surface area contributed by atoms with Crippen LogP contribution in [0.2, 0.25) is 0 Å². The number of unbranched alkanes of at least 4 members (excludes halogenated alkanes) is 2. The summed E-state index contributed by atoms with van der Waals surface area (Å²) in [4.78, 5) is 32.9. The van der Waals surface area contributed by atoms with E-state index in [2.05, 4.69) is 12.7 Å². The summed E-state index contributed by atoms with van der Waals surface area (Å²) in [5.74, 6) is -0.220. The molecule has 2 aromatic carbocycles. The minimum atomic E-state index is -1.38. The van der Waals surface area contributed by atoms with Crippen molar-refractivity contribution in [1.29, 1.82) is 0 Å². The average Bonchev–Trinajstić information content (AvgIpc) is 3.21. The molecule has 1 saturated heterocycles. The lowest BCUT2D eigenvalue weighted by molar-refractivity contribution is -0.254. The molecule has 2 aliphatic heterocycles. The number of aliphatic hydroxyl groups is 2. The van der Waals surface area contributed by atoms with E-state index in [9.17, 15) is 19.8 Å². The summed E-state index contributed by atoms with van der Waals surface area (Å²) in [5, 5.41) is 24.5. The molecule has 12 nitrogen and oxygen atoms in total. The number of aliphatic hydroxyl groups excluding tert-OH is 2. The molecule has 4 aliphatic rings. The highest BCUT2D eigenvalue weighted by Gasteiger charge is 2.65. The highest BCUT2D eigenvalue weighted by molar-refractivity contribution is 6.03. The van der Waals surface area contributed by atoms with Gasteiger partial charge in [0.15, 0.2) is 0 Å². The molecule has 7 unspecified atom stereocenters. The second-order valence-corrected chi connectivity index (χ2v) is 14.8. The van der Waals surface area contributed by atoms with Crippen molar-refractivity contribution in [3.8, 4) is 17.2 Å². The van der Waals surface area contributed by atoms with Crippen LogP contribution in [0.25, 0.3) is 0 Å². The zero-order valence-electron chi connectivity index (χ0n) is 32.1. The lowest BCUT2D eigenvalue weighted by atomic mass is 9.55. The van der Waals surface area contributed by atoms with E-state index in [-0.39, 0.29) is 50.6 Å². The Morgan fingerprint density at radius 3 is 2.60 bits per heavy atom. The number of carbonyl (C=O) groups is 2. The Hall–Kier alpha value is -4.23. The fourth-order valence-electron chi connectivity index (χ4n) is 8.85. The van der Waals surface area contributed by atoms with E-state index < -0.39 is 30.1 Å². The summed E-state index contributed by atoms with van der Waals surface area (Å²) < 4.78 is 31.9. The zero-order chi connectivity index (χ0) is 38.8. The lowest BCUT2D eigenvalue weighted by Crippen LogP contribution is -2.69. The maximum atomic E-state index is 13.6. The van der Waals surface area contributed by atoms with Crippen molar-refractivity contribution < 1.29 is 48.3 Å². The van der Waals surface area contributed by atoms with E-state index in [1.54, 1.807) is 43.1 Å². The number of hydrogen-bond donors (Lipinski definition) is 2. The molecule has 2 aliphatic carbocycles. The topological polar surface area (TPSA) is 146 Å². The third-order valence-electron chi connectivity index (χ3n) is 11.3. The first-order valence-electron chi connectivity index (χ1n) is 19.9. The van der Waals surface area contributed by atoms with Gasteiger partial charge in [-0.1, -0.05) is 42.3 Å². The largest absolute Gasteiger partial charge is 0.459 e. The van der Waals surface area contributed by atoms with Crippen LogP contribution in [0.3, 0.4) is 0 Å². The first-order chi connectivity index (χ1) is 26.9. The van der Waals surface area contributed by atoms with Gasteiger partial charge in [0.1, 0.15) is 29.6 Å². The molecule has 0 bridgehead atoms. The number of hydrogen-bond acceptors (Lipinski definition) is 11. The molecule has 12 heteroatoms. The first kappa shape index (κ1) is 40.4. The number of fused-ring (bicyclic) bond motifs is 2. The SMILES string of the molecule is C=CCOC12Oc3ccc(Oc4cccc(C=O)c4)cc3C3C(CCCCO)C(CCCCO)C=C(C(=NOC4CCCCO4)CC1N(C)C(=O)OCC)C32. The molecule has 7 atom stereocenters. The maximum absolute atomic E-state index is 13.6. The second kappa shape index (κ2) is 19.1. The number of amides is 1. The molecule has 2 heterocycles. The normalized spacial score (nSPS) is 27.5. The molecule has 1 amide bonds. The highest BCUT2D eigenvalue weighted by Crippen LogP contribution is 2.62. The van der Waals surface area contributed by atoms with Gasteiger partial charge in [0, 0.05) is 50.1 Å². The zero-order valence-corrected chi connectivity index (χ0v) is 32.1. The van der Waals surface area contributed by atoms with Crippen molar-refractivity contribution in [2.24, 2.45) is 22.9 Å². The Morgan fingerprint density at radius 2 is 1.87 bits per heavy atom. The maximum Gasteiger partial charge on any atom is 0.409 e. The monoisotopic (exact) mass is 760 g/mol. The molecule has 0 aromatic heterocycles. The summed E-state index contributed by atoms with van der Waals surface area (Å²) in [6.07, 6.45) is 11.3. The standard InChI is InChI=1S/C43H56N2O10/c1-4-22-52-43-38(45(3)42(49)50-5-2)27-36(44-55-39-17-8-11-23-51-39)34-25-30(14-6-9-20-46)33(16-7-10-21-47)40(41(34)43)35-26-32(18-19-37(35)54-43)53-31-15-12-13-29(24-31)28-48/h4,12-13,15,18-19,24-26,28,30,33,38-41,46-47H,1,5-11,14,16-17,20-23,27H2,2-3H3. The van der Waals surface area contributed by atoms with Gasteiger partial charge in [-0.05, 0) is 93.2 Å². The van der Waals surface area contributed by atoms with Gasteiger partial charge >= 0.3 is 6.09 Å². The van der Waals surface area contributed by atoms with Crippen LogP contribution in [0.15, 0.2) is 71.9 Å².